The molecule has 1 atom stereocenters. The van der Waals surface area contributed by atoms with Crippen molar-refractivity contribution >= 4 is 17.3 Å². The Morgan fingerprint density at radius 1 is 1.18 bits per heavy atom. The number of piperazine rings is 1. The Bertz CT molecular complexity index is 1000. The molecule has 1 saturated heterocycles. The molecule has 9 nitrogen and oxygen atoms in total. The van der Waals surface area contributed by atoms with Crippen molar-refractivity contribution < 1.29 is 32.7 Å². The number of nitrogens with zero attached hydrogens (tertiary/aromatic N) is 3. The van der Waals surface area contributed by atoms with Crippen molar-refractivity contribution in [3.63, 3.8) is 0 Å². The van der Waals surface area contributed by atoms with Gasteiger partial charge in [0, 0.05) is 43.5 Å². The van der Waals surface area contributed by atoms with Gasteiger partial charge >= 0.3 is 12.6 Å². The van der Waals surface area contributed by atoms with E-state index >= 15 is 0 Å². The van der Waals surface area contributed by atoms with E-state index in [0.29, 0.717) is 30.8 Å². The molecule has 178 valence electrons. The number of hydrogen-bond donors (Lipinski definition) is 0. The van der Waals surface area contributed by atoms with Gasteiger partial charge in [-0.2, -0.15) is 8.78 Å². The Labute approximate surface area is 189 Å². The van der Waals surface area contributed by atoms with Crippen molar-refractivity contribution in [3.8, 4) is 11.5 Å². The average Bonchev–Trinajstić information content (AvgIpc) is 2.80. The Morgan fingerprint density at radius 3 is 2.42 bits per heavy atom. The van der Waals surface area contributed by atoms with Gasteiger partial charge in [0.25, 0.3) is 5.69 Å². The van der Waals surface area contributed by atoms with Gasteiger partial charge in [-0.3, -0.25) is 15.0 Å². The smallest absolute Gasteiger partial charge is 0.387 e. The average molecular weight is 465 g/mol. The highest BCUT2D eigenvalue weighted by Gasteiger charge is 2.28. The number of alkyl halides is 2. The largest absolute Gasteiger partial charge is 0.493 e. The molecule has 1 fully saturated rings. The summed E-state index contributed by atoms with van der Waals surface area (Å²) >= 11 is 0. The number of benzene rings is 2. The van der Waals surface area contributed by atoms with Crippen molar-refractivity contribution in [2.75, 3.05) is 38.8 Å². The molecule has 0 radical (unpaired) electrons. The second-order valence-corrected chi connectivity index (χ2v) is 7.57. The van der Waals surface area contributed by atoms with Crippen molar-refractivity contribution in [1.29, 1.82) is 0 Å². The van der Waals surface area contributed by atoms with Crippen LogP contribution in [0.5, 0.6) is 11.5 Å². The van der Waals surface area contributed by atoms with Crippen LogP contribution in [-0.2, 0) is 11.3 Å². The number of ether oxygens (including phenoxy) is 3. The number of hydrogen-bond acceptors (Lipinski definition) is 8. The molecule has 2 aromatic rings. The molecule has 0 N–H and O–H groups in total. The van der Waals surface area contributed by atoms with Gasteiger partial charge in [0.15, 0.2) is 11.5 Å². The van der Waals surface area contributed by atoms with Gasteiger partial charge < -0.3 is 19.1 Å². The summed E-state index contributed by atoms with van der Waals surface area (Å²) in [6.07, 6.45) is 0. The van der Waals surface area contributed by atoms with Crippen molar-refractivity contribution in [1.82, 2.24) is 4.90 Å². The van der Waals surface area contributed by atoms with E-state index in [4.69, 9.17) is 9.47 Å². The molecule has 11 heteroatoms. The van der Waals surface area contributed by atoms with Gasteiger partial charge in [0.1, 0.15) is 0 Å². The zero-order valence-corrected chi connectivity index (χ0v) is 18.5. The monoisotopic (exact) mass is 465 g/mol. The molecule has 1 aliphatic heterocycles. The molecule has 33 heavy (non-hydrogen) atoms. The highest BCUT2D eigenvalue weighted by molar-refractivity contribution is 5.89. The van der Waals surface area contributed by atoms with Crippen LogP contribution in [0.25, 0.3) is 0 Å². The Kier molecular flexibility index (Phi) is 7.64. The summed E-state index contributed by atoms with van der Waals surface area (Å²) < 4.78 is 39.5. The maximum Gasteiger partial charge on any atom is 0.387 e. The molecule has 0 spiro atoms. The molecule has 3 rings (SSSR count). The van der Waals surface area contributed by atoms with E-state index in [-0.39, 0.29) is 29.8 Å². The minimum Gasteiger partial charge on any atom is -0.493 e. The van der Waals surface area contributed by atoms with Gasteiger partial charge in [-0.15, -0.1) is 0 Å². The minimum absolute atomic E-state index is 0.00730. The SMILES string of the molecule is COC(=O)c1ccc(N2CCN(Cc3cc(OC)c(OC(F)F)cc3[N+](=O)[O-])C(C)C2)cc1. The molecule has 0 saturated carbocycles. The molecular formula is C22H25F2N3O6. The number of methoxy groups -OCH3 is 2. The number of rotatable bonds is 8. The fourth-order valence-corrected chi connectivity index (χ4v) is 3.85. The topological polar surface area (TPSA) is 94.4 Å². The van der Waals surface area contributed by atoms with E-state index in [0.717, 1.165) is 11.8 Å². The Balaban J connectivity index is 1.74. The third kappa shape index (κ3) is 5.67. The molecule has 2 aromatic carbocycles. The Morgan fingerprint density at radius 2 is 1.88 bits per heavy atom. The fraction of sp³-hybridized carbons (Fsp3) is 0.409. The maximum atomic E-state index is 12.7. The van der Waals surface area contributed by atoms with Crippen LogP contribution < -0.4 is 14.4 Å². The lowest BCUT2D eigenvalue weighted by molar-refractivity contribution is -0.385. The highest BCUT2D eigenvalue weighted by atomic mass is 19.3. The van der Waals surface area contributed by atoms with E-state index in [1.54, 1.807) is 12.1 Å². The summed E-state index contributed by atoms with van der Waals surface area (Å²) in [7, 11) is 2.62. The minimum atomic E-state index is -3.13. The van der Waals surface area contributed by atoms with Crippen molar-refractivity contribution in [3.05, 3.63) is 57.6 Å². The summed E-state index contributed by atoms with van der Waals surface area (Å²) in [6.45, 7) is 1.08. The normalized spacial score (nSPS) is 16.5. The first-order valence-corrected chi connectivity index (χ1v) is 10.2. The fourth-order valence-electron chi connectivity index (χ4n) is 3.85. The summed E-state index contributed by atoms with van der Waals surface area (Å²) in [5.74, 6) is -0.772. The van der Waals surface area contributed by atoms with Crippen LogP contribution in [0.3, 0.4) is 0 Å². The van der Waals surface area contributed by atoms with Crippen LogP contribution in [0.2, 0.25) is 0 Å². The number of esters is 1. The van der Waals surface area contributed by atoms with Gasteiger partial charge in [-0.25, -0.2) is 4.79 Å². The zero-order valence-electron chi connectivity index (χ0n) is 18.5. The Hall–Kier alpha value is -3.47. The first kappa shape index (κ1) is 24.2. The molecule has 1 heterocycles. The van der Waals surface area contributed by atoms with Gasteiger partial charge in [-0.1, -0.05) is 0 Å². The van der Waals surface area contributed by atoms with Crippen molar-refractivity contribution in [2.24, 2.45) is 0 Å². The molecule has 1 aliphatic rings. The van der Waals surface area contributed by atoms with Crippen LogP contribution in [0.4, 0.5) is 20.2 Å². The van der Waals surface area contributed by atoms with E-state index in [1.165, 1.54) is 20.3 Å². The number of anilines is 1. The van der Waals surface area contributed by atoms with Crippen LogP contribution in [0.1, 0.15) is 22.8 Å². The van der Waals surface area contributed by atoms with Crippen LogP contribution >= 0.6 is 0 Å². The first-order chi connectivity index (χ1) is 15.7. The number of carbonyl (C=O) groups excluding carboxylic acids is 1. The highest BCUT2D eigenvalue weighted by Crippen LogP contribution is 2.36. The third-order valence-corrected chi connectivity index (χ3v) is 5.57. The predicted octanol–water partition coefficient (Wildman–Crippen LogP) is 3.70. The first-order valence-electron chi connectivity index (χ1n) is 10.2. The maximum absolute atomic E-state index is 12.7. The zero-order chi connectivity index (χ0) is 24.1. The molecule has 0 aromatic heterocycles. The van der Waals surface area contributed by atoms with Crippen LogP contribution in [0.15, 0.2) is 36.4 Å². The van der Waals surface area contributed by atoms with E-state index in [1.807, 2.05) is 19.1 Å². The number of nitro benzene ring substituents is 1. The summed E-state index contributed by atoms with van der Waals surface area (Å²) in [5.41, 5.74) is 1.46. The molecule has 0 bridgehead atoms. The standard InChI is InChI=1S/C22H25F2N3O6/c1-14-12-26(17-6-4-15(5-7-17)21(28)32-3)9-8-25(14)13-16-10-19(31-2)20(33-22(23)24)11-18(16)27(29)30/h4-7,10-11,14,22H,8-9,12-13H2,1-3H3. The van der Waals surface area contributed by atoms with Crippen LogP contribution in [0, 0.1) is 10.1 Å². The lowest BCUT2D eigenvalue weighted by Crippen LogP contribution is -2.51. The van der Waals surface area contributed by atoms with Crippen LogP contribution in [-0.4, -0.2) is 62.3 Å². The summed E-state index contributed by atoms with van der Waals surface area (Å²) in [6, 6.07) is 9.51. The van der Waals surface area contributed by atoms with E-state index in [9.17, 15) is 23.7 Å². The molecular weight excluding hydrogens is 440 g/mol. The second-order valence-electron chi connectivity index (χ2n) is 7.57. The summed E-state index contributed by atoms with van der Waals surface area (Å²) in [5, 5.41) is 11.6. The van der Waals surface area contributed by atoms with Gasteiger partial charge in [0.05, 0.1) is 30.8 Å². The second kappa shape index (κ2) is 10.4. The van der Waals surface area contributed by atoms with Gasteiger partial charge in [-0.05, 0) is 37.3 Å². The van der Waals surface area contributed by atoms with Crippen molar-refractivity contribution in [2.45, 2.75) is 26.1 Å². The van der Waals surface area contributed by atoms with Gasteiger partial charge in [0.2, 0.25) is 0 Å². The number of carbonyl (C=O) groups is 1. The number of halogens is 2. The molecule has 0 amide bonds. The van der Waals surface area contributed by atoms with E-state index in [2.05, 4.69) is 14.5 Å². The quantitative estimate of drug-likeness (QED) is 0.331. The molecule has 1 unspecified atom stereocenters. The van der Waals surface area contributed by atoms with E-state index < -0.39 is 17.5 Å². The number of nitro groups is 1. The lowest BCUT2D eigenvalue weighted by Gasteiger charge is -2.41. The molecule has 0 aliphatic carbocycles. The predicted molar refractivity (Wildman–Crippen MR) is 116 cm³/mol. The lowest BCUT2D eigenvalue weighted by atomic mass is 10.1. The third-order valence-electron chi connectivity index (χ3n) is 5.57. The summed E-state index contributed by atoms with van der Waals surface area (Å²) in [4.78, 5) is 26.8.